The van der Waals surface area contributed by atoms with Crippen LogP contribution in [0.15, 0.2) is 18.3 Å². The van der Waals surface area contributed by atoms with Crippen LogP contribution in [-0.4, -0.2) is 50.8 Å². The van der Waals surface area contributed by atoms with Gasteiger partial charge in [-0.25, -0.2) is 14.6 Å². The highest BCUT2D eigenvalue weighted by Crippen LogP contribution is 2.34. The fourth-order valence-electron chi connectivity index (χ4n) is 3.21. The SMILES string of the molecule is COc1cc(-n2nc(N3CC(C#N)C3)c3cnc(NC(C)=O)cc32)nc(C(C)(F)F)n1. The molecule has 12 heteroatoms. The minimum Gasteiger partial charge on any atom is -0.481 e. The molecule has 10 nitrogen and oxygen atoms in total. The van der Waals surface area contributed by atoms with Gasteiger partial charge in [0.05, 0.1) is 30.0 Å². The summed E-state index contributed by atoms with van der Waals surface area (Å²) >= 11 is 0. The third-order valence-electron chi connectivity index (χ3n) is 4.72. The van der Waals surface area contributed by atoms with E-state index in [1.54, 1.807) is 6.07 Å². The number of halogens is 2. The zero-order chi connectivity index (χ0) is 22.3. The molecule has 0 bridgehead atoms. The number of carbonyl (C=O) groups excluding carboxylic acids is 1. The summed E-state index contributed by atoms with van der Waals surface area (Å²) in [7, 11) is 1.32. The highest BCUT2D eigenvalue weighted by Gasteiger charge is 2.32. The van der Waals surface area contributed by atoms with Gasteiger partial charge in [-0.1, -0.05) is 0 Å². The summed E-state index contributed by atoms with van der Waals surface area (Å²) in [6.45, 7) is 3.02. The molecule has 0 unspecified atom stereocenters. The highest BCUT2D eigenvalue weighted by atomic mass is 19.3. The number of ether oxygens (including phenoxy) is 1. The fraction of sp³-hybridized carbons (Fsp3) is 0.368. The van der Waals surface area contributed by atoms with Crippen molar-refractivity contribution in [2.45, 2.75) is 19.8 Å². The number of hydrogen-bond donors (Lipinski definition) is 1. The largest absolute Gasteiger partial charge is 0.481 e. The number of aromatic nitrogens is 5. The zero-order valence-corrected chi connectivity index (χ0v) is 16.9. The molecule has 0 aromatic carbocycles. The van der Waals surface area contributed by atoms with E-state index in [0.29, 0.717) is 36.7 Å². The van der Waals surface area contributed by atoms with Crippen molar-refractivity contribution in [2.75, 3.05) is 30.4 Å². The molecule has 160 valence electrons. The van der Waals surface area contributed by atoms with Crippen LogP contribution in [0.4, 0.5) is 20.4 Å². The van der Waals surface area contributed by atoms with Crippen LogP contribution in [0.3, 0.4) is 0 Å². The van der Waals surface area contributed by atoms with Crippen molar-refractivity contribution in [3.05, 3.63) is 24.2 Å². The molecule has 3 aromatic heterocycles. The van der Waals surface area contributed by atoms with E-state index in [4.69, 9.17) is 10.00 Å². The first-order valence-corrected chi connectivity index (χ1v) is 9.32. The van der Waals surface area contributed by atoms with Gasteiger partial charge in [0, 0.05) is 45.3 Å². The van der Waals surface area contributed by atoms with E-state index < -0.39 is 11.7 Å². The third kappa shape index (κ3) is 3.81. The molecule has 0 aliphatic carbocycles. The number of amides is 1. The van der Waals surface area contributed by atoms with Crippen LogP contribution in [-0.2, 0) is 10.7 Å². The molecular weight excluding hydrogens is 410 g/mol. The Morgan fingerprint density at radius 3 is 2.71 bits per heavy atom. The molecule has 1 aliphatic heterocycles. The molecule has 0 atom stereocenters. The van der Waals surface area contributed by atoms with Crippen LogP contribution < -0.4 is 15.0 Å². The van der Waals surface area contributed by atoms with E-state index >= 15 is 0 Å². The number of alkyl halides is 2. The number of carbonyl (C=O) groups is 1. The second-order valence-electron chi connectivity index (χ2n) is 7.21. The van der Waals surface area contributed by atoms with Gasteiger partial charge in [0.15, 0.2) is 11.6 Å². The van der Waals surface area contributed by atoms with Crippen molar-refractivity contribution in [3.63, 3.8) is 0 Å². The maximum Gasteiger partial charge on any atom is 0.304 e. The number of hydrogen-bond acceptors (Lipinski definition) is 8. The van der Waals surface area contributed by atoms with E-state index in [2.05, 4.69) is 31.4 Å². The van der Waals surface area contributed by atoms with Gasteiger partial charge in [-0.3, -0.25) is 4.79 Å². The van der Waals surface area contributed by atoms with Gasteiger partial charge >= 0.3 is 5.92 Å². The lowest BCUT2D eigenvalue weighted by molar-refractivity contribution is -0.114. The fourth-order valence-corrected chi connectivity index (χ4v) is 3.21. The van der Waals surface area contributed by atoms with Gasteiger partial charge in [-0.15, -0.1) is 5.10 Å². The lowest BCUT2D eigenvalue weighted by Crippen LogP contribution is -2.46. The summed E-state index contributed by atoms with van der Waals surface area (Å²) in [4.78, 5) is 25.3. The van der Waals surface area contributed by atoms with Gasteiger partial charge in [-0.05, 0) is 0 Å². The predicted molar refractivity (Wildman–Crippen MR) is 106 cm³/mol. The summed E-state index contributed by atoms with van der Waals surface area (Å²) in [6.07, 6.45) is 1.53. The Morgan fingerprint density at radius 2 is 2.10 bits per heavy atom. The Kier molecular flexibility index (Phi) is 4.88. The van der Waals surface area contributed by atoms with E-state index in [0.717, 1.165) is 0 Å². The predicted octanol–water partition coefficient (Wildman–Crippen LogP) is 2.25. The molecule has 4 rings (SSSR count). The number of pyridine rings is 1. The number of nitrogens with one attached hydrogen (secondary N) is 1. The topological polar surface area (TPSA) is 122 Å². The van der Waals surface area contributed by atoms with Gasteiger partial charge < -0.3 is 15.0 Å². The Bertz CT molecular complexity index is 1210. The molecule has 0 radical (unpaired) electrons. The summed E-state index contributed by atoms with van der Waals surface area (Å²) in [6, 6.07) is 5.16. The number of fused-ring (bicyclic) bond motifs is 1. The van der Waals surface area contributed by atoms with Gasteiger partial charge in [-0.2, -0.15) is 19.0 Å². The van der Waals surface area contributed by atoms with Crippen LogP contribution in [0.1, 0.15) is 19.7 Å². The molecule has 1 aliphatic rings. The van der Waals surface area contributed by atoms with Crippen LogP contribution >= 0.6 is 0 Å². The van der Waals surface area contributed by atoms with E-state index in [1.165, 1.54) is 31.0 Å². The highest BCUT2D eigenvalue weighted by molar-refractivity contribution is 5.95. The first-order valence-electron chi connectivity index (χ1n) is 9.32. The average Bonchev–Trinajstić information content (AvgIpc) is 3.04. The molecule has 31 heavy (non-hydrogen) atoms. The van der Waals surface area contributed by atoms with Crippen LogP contribution in [0, 0.1) is 17.2 Å². The maximum absolute atomic E-state index is 14.0. The van der Waals surface area contributed by atoms with Gasteiger partial charge in [0.25, 0.3) is 0 Å². The minimum atomic E-state index is -3.30. The normalized spacial score (nSPS) is 14.3. The lowest BCUT2D eigenvalue weighted by atomic mass is 10.0. The lowest BCUT2D eigenvalue weighted by Gasteiger charge is -2.35. The van der Waals surface area contributed by atoms with Crippen molar-refractivity contribution in [2.24, 2.45) is 5.92 Å². The first-order chi connectivity index (χ1) is 14.7. The molecular formula is C19H18F2N8O2. The smallest absolute Gasteiger partial charge is 0.304 e. The Morgan fingerprint density at radius 1 is 1.35 bits per heavy atom. The average molecular weight is 428 g/mol. The summed E-state index contributed by atoms with van der Waals surface area (Å²) in [5.41, 5.74) is 0.486. The number of anilines is 2. The number of rotatable bonds is 5. The molecule has 0 saturated carbocycles. The van der Waals surface area contributed by atoms with Crippen molar-refractivity contribution in [1.82, 2.24) is 24.7 Å². The quantitative estimate of drug-likeness (QED) is 0.657. The Balaban J connectivity index is 1.90. The molecule has 1 fully saturated rings. The number of nitriles is 1. The molecule has 0 spiro atoms. The summed E-state index contributed by atoms with van der Waals surface area (Å²) in [5.74, 6) is -3.61. The molecule has 4 heterocycles. The Labute approximate surface area is 175 Å². The minimum absolute atomic E-state index is 0.0450. The molecule has 1 saturated heterocycles. The molecule has 3 aromatic rings. The van der Waals surface area contributed by atoms with E-state index in [-0.39, 0.29) is 29.3 Å². The molecule has 1 N–H and O–H groups in total. The Hall–Kier alpha value is -3.88. The molecule has 1 amide bonds. The summed E-state index contributed by atoms with van der Waals surface area (Å²) in [5, 5.41) is 16.8. The second kappa shape index (κ2) is 7.42. The van der Waals surface area contributed by atoms with Crippen LogP contribution in [0.25, 0.3) is 16.7 Å². The number of methoxy groups -OCH3 is 1. The van der Waals surface area contributed by atoms with Crippen molar-refractivity contribution < 1.29 is 18.3 Å². The van der Waals surface area contributed by atoms with E-state index in [9.17, 15) is 13.6 Å². The van der Waals surface area contributed by atoms with Crippen molar-refractivity contribution in [1.29, 1.82) is 5.26 Å². The summed E-state index contributed by atoms with van der Waals surface area (Å²) < 4.78 is 34.4. The van der Waals surface area contributed by atoms with Crippen LogP contribution in [0.2, 0.25) is 0 Å². The first kappa shape index (κ1) is 20.4. The van der Waals surface area contributed by atoms with Crippen molar-refractivity contribution in [3.8, 4) is 17.8 Å². The number of nitrogens with zero attached hydrogens (tertiary/aromatic N) is 7. The van der Waals surface area contributed by atoms with Gasteiger partial charge in [0.1, 0.15) is 5.82 Å². The monoisotopic (exact) mass is 428 g/mol. The second-order valence-corrected chi connectivity index (χ2v) is 7.21. The van der Waals surface area contributed by atoms with E-state index in [1.807, 2.05) is 4.90 Å². The zero-order valence-electron chi connectivity index (χ0n) is 16.9. The van der Waals surface area contributed by atoms with Crippen LogP contribution in [0.5, 0.6) is 5.88 Å². The van der Waals surface area contributed by atoms with Gasteiger partial charge in [0.2, 0.25) is 17.6 Å². The standard InChI is InChI=1S/C19H18F2N8O2/c1-10(30)24-14-4-13-12(7-23-14)17(28-8-11(6-22)9-28)27-29(13)15-5-16(31-3)26-18(25-15)19(2,20)21/h4-5,7,11H,8-9H2,1-3H3,(H,23,24,30). The third-order valence-corrected chi connectivity index (χ3v) is 4.72. The maximum atomic E-state index is 14.0. The van der Waals surface area contributed by atoms with Crippen molar-refractivity contribution >= 4 is 28.4 Å².